The highest BCUT2D eigenvalue weighted by molar-refractivity contribution is 6.62. The number of benzene rings is 5. The molecule has 0 amide bonds. The van der Waals surface area contributed by atoms with Crippen LogP contribution in [-0.2, 0) is 14.7 Å². The molecule has 304 valence electrons. The molecule has 1 aliphatic heterocycles. The van der Waals surface area contributed by atoms with Gasteiger partial charge in [-0.25, -0.2) is 0 Å². The molecular weight excluding hydrogens is 731 g/mol. The van der Waals surface area contributed by atoms with Crippen LogP contribution in [0.4, 0.5) is 0 Å². The van der Waals surface area contributed by atoms with E-state index in [2.05, 4.69) is 221 Å². The van der Waals surface area contributed by atoms with Crippen molar-refractivity contribution in [3.8, 4) is 55.8 Å². The Morgan fingerprint density at radius 1 is 0.617 bits per heavy atom. The Labute approximate surface area is 359 Å². The largest absolute Gasteiger partial charge is 0.494 e. The highest BCUT2D eigenvalue weighted by Crippen LogP contribution is 2.40. The Bertz CT molecular complexity index is 2570. The number of rotatable bonds is 9. The number of hydrogen-bond donors (Lipinski definition) is 0. The van der Waals surface area contributed by atoms with Crippen LogP contribution < -0.4 is 5.46 Å². The Kier molecular flexibility index (Phi) is 11.7. The molecule has 0 radical (unpaired) electrons. The lowest BCUT2D eigenvalue weighted by molar-refractivity contribution is 0.00578. The van der Waals surface area contributed by atoms with Crippen LogP contribution in [0.3, 0.4) is 0 Å². The van der Waals surface area contributed by atoms with Gasteiger partial charge in [0.25, 0.3) is 0 Å². The van der Waals surface area contributed by atoms with Crippen LogP contribution in [-0.4, -0.2) is 29.0 Å². The SMILES string of the molecule is C=CN=C(/C=C(\C)C(C)(C)C)c1ccc(-c2ccccc2-c2cc(B3OC(C)(C)C(C)(C)O3)cc(-c3ccccc3-c3ccc(-c4cc(C(C)(C)C)ccn4)cc3)c2)cc1. The third kappa shape index (κ3) is 8.94. The molecule has 1 saturated heterocycles. The molecule has 2 heterocycles. The van der Waals surface area contributed by atoms with E-state index < -0.39 is 18.3 Å². The predicted octanol–water partition coefficient (Wildman–Crippen LogP) is 13.9. The van der Waals surface area contributed by atoms with E-state index in [0.29, 0.717) is 0 Å². The summed E-state index contributed by atoms with van der Waals surface area (Å²) in [5.74, 6) is 0. The number of aromatic nitrogens is 1. The zero-order chi connectivity index (χ0) is 43.0. The molecule has 4 nitrogen and oxygen atoms in total. The van der Waals surface area contributed by atoms with Crippen molar-refractivity contribution < 1.29 is 9.31 Å². The Morgan fingerprint density at radius 2 is 1.08 bits per heavy atom. The first-order chi connectivity index (χ1) is 28.3. The minimum absolute atomic E-state index is 0.0380. The smallest absolute Gasteiger partial charge is 0.399 e. The van der Waals surface area contributed by atoms with Crippen molar-refractivity contribution in [2.24, 2.45) is 10.4 Å². The molecule has 5 heteroatoms. The molecule has 0 saturated carbocycles. The summed E-state index contributed by atoms with van der Waals surface area (Å²) < 4.78 is 13.4. The minimum Gasteiger partial charge on any atom is -0.399 e. The summed E-state index contributed by atoms with van der Waals surface area (Å²) in [6.07, 6.45) is 5.70. The molecule has 5 aromatic carbocycles. The summed E-state index contributed by atoms with van der Waals surface area (Å²) in [6, 6.07) is 45.9. The molecule has 0 atom stereocenters. The first-order valence-corrected chi connectivity index (χ1v) is 21.1. The van der Waals surface area contributed by atoms with E-state index in [1.165, 1.54) is 11.1 Å². The van der Waals surface area contributed by atoms with Gasteiger partial charge in [0.15, 0.2) is 0 Å². The van der Waals surface area contributed by atoms with Gasteiger partial charge >= 0.3 is 7.12 Å². The van der Waals surface area contributed by atoms with E-state index in [-0.39, 0.29) is 10.8 Å². The monoisotopic (exact) mass is 790 g/mol. The van der Waals surface area contributed by atoms with E-state index >= 15 is 0 Å². The lowest BCUT2D eigenvalue weighted by atomic mass is 9.75. The molecule has 0 N–H and O–H groups in total. The van der Waals surface area contributed by atoms with Gasteiger partial charge in [0.2, 0.25) is 0 Å². The second-order valence-corrected chi connectivity index (χ2v) is 19.1. The van der Waals surface area contributed by atoms with E-state index in [1.807, 2.05) is 6.20 Å². The summed E-state index contributed by atoms with van der Waals surface area (Å²) in [7, 11) is -0.532. The van der Waals surface area contributed by atoms with Crippen molar-refractivity contribution in [3.05, 3.63) is 169 Å². The van der Waals surface area contributed by atoms with Crippen molar-refractivity contribution in [1.29, 1.82) is 0 Å². The highest BCUT2D eigenvalue weighted by Gasteiger charge is 2.51. The Hall–Kier alpha value is -5.62. The topological polar surface area (TPSA) is 43.7 Å². The molecule has 6 aromatic rings. The van der Waals surface area contributed by atoms with E-state index in [0.717, 1.165) is 72.5 Å². The van der Waals surface area contributed by atoms with Gasteiger partial charge in [-0.2, -0.15) is 0 Å². The van der Waals surface area contributed by atoms with Gasteiger partial charge in [-0.15, -0.1) is 0 Å². The zero-order valence-electron chi connectivity index (χ0n) is 37.4. The maximum Gasteiger partial charge on any atom is 0.494 e. The summed E-state index contributed by atoms with van der Waals surface area (Å²) in [6.45, 7) is 27.9. The molecular formula is C55H59BN2O2. The molecule has 0 bridgehead atoms. The minimum atomic E-state index is -0.532. The number of aliphatic imine (C=N–C) groups is 1. The number of allylic oxidation sites excluding steroid dienone is 2. The van der Waals surface area contributed by atoms with E-state index in [1.54, 1.807) is 6.20 Å². The van der Waals surface area contributed by atoms with Crippen LogP contribution in [0.25, 0.3) is 55.8 Å². The van der Waals surface area contributed by atoms with Gasteiger partial charge in [0.1, 0.15) is 0 Å². The number of nitrogens with zero attached hydrogens (tertiary/aromatic N) is 2. The highest BCUT2D eigenvalue weighted by atomic mass is 16.7. The zero-order valence-corrected chi connectivity index (χ0v) is 37.4. The number of pyridine rings is 1. The number of hydrogen-bond acceptors (Lipinski definition) is 4. The fraction of sp³-hybridized carbons (Fsp3) is 0.273. The lowest BCUT2D eigenvalue weighted by Gasteiger charge is -2.32. The van der Waals surface area contributed by atoms with Gasteiger partial charge in [0.05, 0.1) is 22.6 Å². The first-order valence-electron chi connectivity index (χ1n) is 21.1. The van der Waals surface area contributed by atoms with E-state index in [9.17, 15) is 0 Å². The average molecular weight is 791 g/mol. The summed E-state index contributed by atoms with van der Waals surface area (Å²) >= 11 is 0. The van der Waals surface area contributed by atoms with Crippen molar-refractivity contribution in [3.63, 3.8) is 0 Å². The van der Waals surface area contributed by atoms with Gasteiger partial charge in [-0.05, 0) is 125 Å². The Morgan fingerprint density at radius 3 is 1.55 bits per heavy atom. The van der Waals surface area contributed by atoms with Crippen LogP contribution in [0.2, 0.25) is 0 Å². The maximum absolute atomic E-state index is 6.70. The van der Waals surface area contributed by atoms with Crippen molar-refractivity contribution >= 4 is 18.3 Å². The normalized spacial score (nSPS) is 15.6. The van der Waals surface area contributed by atoms with Crippen molar-refractivity contribution in [2.45, 2.75) is 92.8 Å². The van der Waals surface area contributed by atoms with Gasteiger partial charge < -0.3 is 9.31 Å². The van der Waals surface area contributed by atoms with Crippen molar-refractivity contribution in [1.82, 2.24) is 4.98 Å². The van der Waals surface area contributed by atoms with Gasteiger partial charge in [0, 0.05) is 23.5 Å². The Balaban J connectivity index is 1.32. The molecule has 0 aliphatic carbocycles. The molecule has 60 heavy (non-hydrogen) atoms. The fourth-order valence-electron chi connectivity index (χ4n) is 7.46. The van der Waals surface area contributed by atoms with Crippen LogP contribution in [0.15, 0.2) is 163 Å². The van der Waals surface area contributed by atoms with Gasteiger partial charge in [-0.1, -0.05) is 163 Å². The van der Waals surface area contributed by atoms with E-state index in [4.69, 9.17) is 14.3 Å². The predicted molar refractivity (Wildman–Crippen MR) is 256 cm³/mol. The van der Waals surface area contributed by atoms with Crippen LogP contribution in [0.5, 0.6) is 0 Å². The molecule has 1 aromatic heterocycles. The molecule has 1 aliphatic rings. The second kappa shape index (κ2) is 16.4. The molecule has 0 spiro atoms. The average Bonchev–Trinajstić information content (AvgIpc) is 3.45. The fourth-order valence-corrected chi connectivity index (χ4v) is 7.46. The third-order valence-electron chi connectivity index (χ3n) is 12.3. The first kappa shape index (κ1) is 42.5. The quantitative estimate of drug-likeness (QED) is 0.108. The summed E-state index contributed by atoms with van der Waals surface area (Å²) in [4.78, 5) is 9.39. The van der Waals surface area contributed by atoms with Gasteiger partial charge in [-0.3, -0.25) is 9.98 Å². The standard InChI is InChI=1S/C55H59BN2O2/c1-13-57-50(32-37(2)52(3,4)5)40-26-22-38(23-27-40)46-18-14-16-20-48(46)42-33-43(35-45(34-42)56-59-54(9,10)55(11,12)60-56)49-21-17-15-19-47(49)39-24-28-41(29-25-39)51-36-44(30-31-58-51)53(6,7)8/h13-36H,1H2,2-12H3/b37-32+,57-50?. The van der Waals surface area contributed by atoms with Crippen LogP contribution in [0.1, 0.15) is 87.3 Å². The molecule has 7 rings (SSSR count). The third-order valence-corrected chi connectivity index (χ3v) is 12.3. The molecule has 0 unspecified atom stereocenters. The summed E-state index contributed by atoms with van der Waals surface area (Å²) in [5, 5.41) is 0. The van der Waals surface area contributed by atoms with Crippen molar-refractivity contribution in [2.75, 3.05) is 0 Å². The maximum atomic E-state index is 6.70. The second-order valence-electron chi connectivity index (χ2n) is 19.1. The van der Waals surface area contributed by atoms with Crippen LogP contribution >= 0.6 is 0 Å². The van der Waals surface area contributed by atoms with Crippen LogP contribution in [0, 0.1) is 5.41 Å². The lowest BCUT2D eigenvalue weighted by Crippen LogP contribution is -2.41. The molecule has 1 fully saturated rings. The summed E-state index contributed by atoms with van der Waals surface area (Å²) in [5.41, 5.74) is 15.6.